The molecule has 1 heterocycles. The van der Waals surface area contributed by atoms with Crippen LogP contribution in [0.2, 0.25) is 5.02 Å². The van der Waals surface area contributed by atoms with Crippen LogP contribution in [0.3, 0.4) is 0 Å². The Morgan fingerprint density at radius 1 is 1.21 bits per heavy atom. The SMILES string of the molecule is Cl.NCCNC(=O)c1ccc(-c2ccc(Cl)cc2)s1. The van der Waals surface area contributed by atoms with Crippen LogP contribution in [-0.4, -0.2) is 19.0 Å². The molecule has 1 amide bonds. The quantitative estimate of drug-likeness (QED) is 0.910. The molecule has 0 aliphatic rings. The Bertz CT molecular complexity index is 540. The molecule has 2 aromatic rings. The second-order valence-corrected chi connectivity index (χ2v) is 5.24. The molecule has 3 nitrogen and oxygen atoms in total. The molecule has 0 spiro atoms. The molecule has 0 radical (unpaired) electrons. The smallest absolute Gasteiger partial charge is 0.261 e. The van der Waals surface area contributed by atoms with Crippen molar-refractivity contribution in [3.05, 3.63) is 46.3 Å². The summed E-state index contributed by atoms with van der Waals surface area (Å²) in [6.07, 6.45) is 0. The lowest BCUT2D eigenvalue weighted by Gasteiger charge is -2.00. The molecule has 0 unspecified atom stereocenters. The molecular weight excluding hydrogens is 303 g/mol. The van der Waals surface area contributed by atoms with Gasteiger partial charge in [-0.15, -0.1) is 23.7 Å². The molecule has 0 saturated carbocycles. The Kier molecular flexibility index (Phi) is 6.31. The van der Waals surface area contributed by atoms with Gasteiger partial charge in [-0.05, 0) is 29.8 Å². The van der Waals surface area contributed by atoms with E-state index in [9.17, 15) is 4.79 Å². The van der Waals surface area contributed by atoms with E-state index in [0.29, 0.717) is 23.0 Å². The van der Waals surface area contributed by atoms with Crippen molar-refractivity contribution < 1.29 is 4.79 Å². The highest BCUT2D eigenvalue weighted by Crippen LogP contribution is 2.28. The average Bonchev–Trinajstić information content (AvgIpc) is 2.86. The lowest BCUT2D eigenvalue weighted by Crippen LogP contribution is -2.28. The summed E-state index contributed by atoms with van der Waals surface area (Å²) >= 11 is 7.29. The van der Waals surface area contributed by atoms with Crippen molar-refractivity contribution >= 4 is 41.3 Å². The Hall–Kier alpha value is -1.07. The van der Waals surface area contributed by atoms with E-state index in [2.05, 4.69) is 5.32 Å². The van der Waals surface area contributed by atoms with Gasteiger partial charge in [-0.3, -0.25) is 4.79 Å². The predicted molar refractivity (Wildman–Crippen MR) is 83.4 cm³/mol. The van der Waals surface area contributed by atoms with E-state index in [1.165, 1.54) is 11.3 Å². The molecule has 0 aliphatic carbocycles. The van der Waals surface area contributed by atoms with Gasteiger partial charge >= 0.3 is 0 Å². The summed E-state index contributed by atoms with van der Waals surface area (Å²) in [7, 11) is 0. The zero-order valence-electron chi connectivity index (χ0n) is 10.1. The van der Waals surface area contributed by atoms with Crippen molar-refractivity contribution in [2.45, 2.75) is 0 Å². The summed E-state index contributed by atoms with van der Waals surface area (Å²) in [6, 6.07) is 11.3. The van der Waals surface area contributed by atoms with E-state index in [4.69, 9.17) is 17.3 Å². The number of hydrogen-bond acceptors (Lipinski definition) is 3. The molecule has 6 heteroatoms. The first kappa shape index (κ1) is 16.0. The van der Waals surface area contributed by atoms with Crippen LogP contribution in [0.25, 0.3) is 10.4 Å². The van der Waals surface area contributed by atoms with Gasteiger partial charge in [0.25, 0.3) is 5.91 Å². The first-order valence-corrected chi connectivity index (χ1v) is 6.74. The summed E-state index contributed by atoms with van der Waals surface area (Å²) in [5.74, 6) is -0.0781. The summed E-state index contributed by atoms with van der Waals surface area (Å²) in [5, 5.41) is 3.45. The molecule has 1 aromatic heterocycles. The molecule has 0 bridgehead atoms. The minimum Gasteiger partial charge on any atom is -0.350 e. The number of carbonyl (C=O) groups excluding carboxylic acids is 1. The number of halogens is 2. The Labute approximate surface area is 127 Å². The van der Waals surface area contributed by atoms with Gasteiger partial charge in [0.05, 0.1) is 4.88 Å². The predicted octanol–water partition coefficient (Wildman–Crippen LogP) is 3.18. The molecule has 0 saturated heterocycles. The van der Waals surface area contributed by atoms with E-state index in [-0.39, 0.29) is 18.3 Å². The molecule has 0 fully saturated rings. The van der Waals surface area contributed by atoms with Crippen LogP contribution < -0.4 is 11.1 Å². The molecule has 102 valence electrons. The highest BCUT2D eigenvalue weighted by Gasteiger charge is 2.09. The minimum atomic E-state index is -0.0781. The van der Waals surface area contributed by atoms with Gasteiger partial charge in [-0.1, -0.05) is 23.7 Å². The molecule has 0 atom stereocenters. The fraction of sp³-hybridized carbons (Fsp3) is 0.154. The first-order valence-electron chi connectivity index (χ1n) is 5.55. The van der Waals surface area contributed by atoms with Crippen molar-refractivity contribution in [2.24, 2.45) is 5.73 Å². The highest BCUT2D eigenvalue weighted by molar-refractivity contribution is 7.17. The van der Waals surface area contributed by atoms with Gasteiger partial charge in [0.15, 0.2) is 0 Å². The number of rotatable bonds is 4. The number of nitrogens with two attached hydrogens (primary N) is 1. The van der Waals surface area contributed by atoms with E-state index in [1.54, 1.807) is 0 Å². The third kappa shape index (κ3) is 4.21. The second kappa shape index (κ2) is 7.50. The van der Waals surface area contributed by atoms with Gasteiger partial charge in [-0.2, -0.15) is 0 Å². The molecule has 19 heavy (non-hydrogen) atoms. The van der Waals surface area contributed by atoms with Crippen molar-refractivity contribution in [3.8, 4) is 10.4 Å². The van der Waals surface area contributed by atoms with Gasteiger partial charge in [-0.25, -0.2) is 0 Å². The van der Waals surface area contributed by atoms with Crippen LogP contribution in [0.4, 0.5) is 0 Å². The average molecular weight is 317 g/mol. The zero-order valence-corrected chi connectivity index (χ0v) is 12.4. The highest BCUT2D eigenvalue weighted by atomic mass is 35.5. The van der Waals surface area contributed by atoms with Crippen LogP contribution in [0.15, 0.2) is 36.4 Å². The Morgan fingerprint density at radius 3 is 2.53 bits per heavy atom. The van der Waals surface area contributed by atoms with E-state index < -0.39 is 0 Å². The van der Waals surface area contributed by atoms with Crippen LogP contribution in [0.5, 0.6) is 0 Å². The third-order valence-electron chi connectivity index (χ3n) is 2.39. The summed E-state index contributed by atoms with van der Waals surface area (Å²) in [6.45, 7) is 0.939. The lowest BCUT2D eigenvalue weighted by atomic mass is 10.2. The minimum absolute atomic E-state index is 0. The van der Waals surface area contributed by atoms with Crippen molar-refractivity contribution in [1.82, 2.24) is 5.32 Å². The number of benzene rings is 1. The lowest BCUT2D eigenvalue weighted by molar-refractivity contribution is 0.0959. The number of amides is 1. The topological polar surface area (TPSA) is 55.1 Å². The normalized spacial score (nSPS) is 9.79. The first-order chi connectivity index (χ1) is 8.70. The third-order valence-corrected chi connectivity index (χ3v) is 3.77. The molecule has 3 N–H and O–H groups in total. The van der Waals surface area contributed by atoms with Crippen LogP contribution in [-0.2, 0) is 0 Å². The molecule has 2 rings (SSSR count). The maximum atomic E-state index is 11.7. The van der Waals surface area contributed by atoms with Gasteiger partial charge in [0.1, 0.15) is 0 Å². The van der Waals surface area contributed by atoms with Crippen molar-refractivity contribution in [1.29, 1.82) is 0 Å². The fourth-order valence-electron chi connectivity index (χ4n) is 1.50. The fourth-order valence-corrected chi connectivity index (χ4v) is 2.56. The molecular formula is C13H14Cl2N2OS. The monoisotopic (exact) mass is 316 g/mol. The number of thiophene rings is 1. The van der Waals surface area contributed by atoms with Gasteiger partial charge < -0.3 is 11.1 Å². The van der Waals surface area contributed by atoms with Crippen LogP contribution in [0, 0.1) is 0 Å². The van der Waals surface area contributed by atoms with E-state index in [0.717, 1.165) is 10.4 Å². The Morgan fingerprint density at radius 2 is 1.89 bits per heavy atom. The number of nitrogens with one attached hydrogen (secondary N) is 1. The largest absolute Gasteiger partial charge is 0.350 e. The summed E-state index contributed by atoms with van der Waals surface area (Å²) in [4.78, 5) is 13.5. The van der Waals surface area contributed by atoms with Gasteiger partial charge in [0, 0.05) is 23.0 Å². The molecule has 0 aliphatic heterocycles. The van der Waals surface area contributed by atoms with Crippen molar-refractivity contribution in [2.75, 3.05) is 13.1 Å². The van der Waals surface area contributed by atoms with E-state index >= 15 is 0 Å². The summed E-state index contributed by atoms with van der Waals surface area (Å²) < 4.78 is 0. The van der Waals surface area contributed by atoms with E-state index in [1.807, 2.05) is 36.4 Å². The summed E-state index contributed by atoms with van der Waals surface area (Å²) in [5.41, 5.74) is 6.40. The maximum absolute atomic E-state index is 11.7. The van der Waals surface area contributed by atoms with Crippen molar-refractivity contribution in [3.63, 3.8) is 0 Å². The standard InChI is InChI=1S/C13H13ClN2OS.ClH/c14-10-3-1-9(2-4-10)11-5-6-12(18-11)13(17)16-8-7-15;/h1-6H,7-8,15H2,(H,16,17);1H. The maximum Gasteiger partial charge on any atom is 0.261 e. The zero-order chi connectivity index (χ0) is 13.0. The number of hydrogen-bond donors (Lipinski definition) is 2. The van der Waals surface area contributed by atoms with Gasteiger partial charge in [0.2, 0.25) is 0 Å². The van der Waals surface area contributed by atoms with Crippen LogP contribution in [0.1, 0.15) is 9.67 Å². The van der Waals surface area contributed by atoms with Crippen LogP contribution >= 0.6 is 35.3 Å². The Balaban J connectivity index is 0.00000180. The number of carbonyl (C=O) groups is 1. The molecule has 1 aromatic carbocycles. The second-order valence-electron chi connectivity index (χ2n) is 3.72.